The Morgan fingerprint density at radius 2 is 2.07 bits per heavy atom. The zero-order chi connectivity index (χ0) is 10.6. The number of aliphatic hydroxyl groups excluding tert-OH is 1. The van der Waals surface area contributed by atoms with Crippen molar-refractivity contribution in [2.24, 2.45) is 5.92 Å². The summed E-state index contributed by atoms with van der Waals surface area (Å²) >= 11 is 0. The van der Waals surface area contributed by atoms with Gasteiger partial charge in [0.05, 0.1) is 11.8 Å². The van der Waals surface area contributed by atoms with Gasteiger partial charge in [0, 0.05) is 6.54 Å². The summed E-state index contributed by atoms with van der Waals surface area (Å²) in [5.74, 6) is 0.955. The Morgan fingerprint density at radius 3 is 2.57 bits per heavy atom. The fourth-order valence-corrected chi connectivity index (χ4v) is 0.938. The van der Waals surface area contributed by atoms with Gasteiger partial charge < -0.3 is 10.4 Å². The number of aryl methyl sites for hydroxylation is 1. The van der Waals surface area contributed by atoms with Crippen LogP contribution in [0, 0.1) is 12.8 Å². The van der Waals surface area contributed by atoms with Crippen LogP contribution < -0.4 is 5.32 Å². The quantitative estimate of drug-likeness (QED) is 0.758. The lowest BCUT2D eigenvalue weighted by Gasteiger charge is -2.14. The van der Waals surface area contributed by atoms with E-state index in [1.165, 1.54) is 0 Å². The van der Waals surface area contributed by atoms with Crippen molar-refractivity contribution < 1.29 is 5.11 Å². The minimum atomic E-state index is -0.349. The molecule has 0 aliphatic rings. The van der Waals surface area contributed by atoms with Gasteiger partial charge in [0.15, 0.2) is 0 Å². The summed E-state index contributed by atoms with van der Waals surface area (Å²) in [7, 11) is 0. The van der Waals surface area contributed by atoms with Gasteiger partial charge in [-0.05, 0) is 25.0 Å². The van der Waals surface area contributed by atoms with Gasteiger partial charge in [0.2, 0.25) is 0 Å². The monoisotopic (exact) mass is 195 g/mol. The molecule has 4 nitrogen and oxygen atoms in total. The molecule has 1 atom stereocenters. The van der Waals surface area contributed by atoms with E-state index in [0.717, 1.165) is 5.69 Å². The Hall–Kier alpha value is -1.16. The van der Waals surface area contributed by atoms with Gasteiger partial charge in [0.1, 0.15) is 5.82 Å². The van der Waals surface area contributed by atoms with E-state index in [-0.39, 0.29) is 12.0 Å². The molecular weight excluding hydrogens is 178 g/mol. The third kappa shape index (κ3) is 3.30. The second kappa shape index (κ2) is 4.91. The summed E-state index contributed by atoms with van der Waals surface area (Å²) in [5, 5.41) is 20.4. The highest BCUT2D eigenvalue weighted by Crippen LogP contribution is 2.04. The number of aliphatic hydroxyl groups is 1. The summed E-state index contributed by atoms with van der Waals surface area (Å²) in [6, 6.07) is 3.74. The lowest BCUT2D eigenvalue weighted by atomic mass is 10.1. The molecule has 4 heteroatoms. The molecule has 0 bridgehead atoms. The van der Waals surface area contributed by atoms with Crippen molar-refractivity contribution in [3.8, 4) is 0 Å². The van der Waals surface area contributed by atoms with Gasteiger partial charge in [0.25, 0.3) is 0 Å². The average molecular weight is 195 g/mol. The van der Waals surface area contributed by atoms with E-state index < -0.39 is 0 Å². The largest absolute Gasteiger partial charge is 0.391 e. The van der Waals surface area contributed by atoms with Crippen molar-refractivity contribution in [3.63, 3.8) is 0 Å². The van der Waals surface area contributed by atoms with E-state index in [2.05, 4.69) is 15.5 Å². The highest BCUT2D eigenvalue weighted by molar-refractivity contribution is 5.32. The third-order valence-electron chi connectivity index (χ3n) is 2.06. The fourth-order valence-electron chi connectivity index (χ4n) is 0.938. The van der Waals surface area contributed by atoms with E-state index in [9.17, 15) is 5.11 Å². The summed E-state index contributed by atoms with van der Waals surface area (Å²) in [6.07, 6.45) is -0.349. The van der Waals surface area contributed by atoms with Crippen LogP contribution in [0.4, 0.5) is 5.82 Å². The molecule has 0 saturated heterocycles. The van der Waals surface area contributed by atoms with Crippen LogP contribution in [0.15, 0.2) is 12.1 Å². The van der Waals surface area contributed by atoms with Crippen molar-refractivity contribution in [1.29, 1.82) is 0 Å². The number of hydrogen-bond donors (Lipinski definition) is 2. The van der Waals surface area contributed by atoms with Crippen molar-refractivity contribution in [2.45, 2.75) is 26.9 Å². The number of nitrogens with zero attached hydrogens (tertiary/aromatic N) is 2. The molecule has 0 aliphatic carbocycles. The van der Waals surface area contributed by atoms with Crippen LogP contribution in [-0.2, 0) is 0 Å². The molecule has 0 radical (unpaired) electrons. The highest BCUT2D eigenvalue weighted by Gasteiger charge is 2.08. The minimum Gasteiger partial charge on any atom is -0.391 e. The Balaban J connectivity index is 2.42. The smallest absolute Gasteiger partial charge is 0.148 e. The normalized spacial score (nSPS) is 12.9. The maximum absolute atomic E-state index is 9.53. The molecule has 2 N–H and O–H groups in total. The molecule has 1 rings (SSSR count). The first kappa shape index (κ1) is 10.9. The molecular formula is C10H17N3O. The molecule has 0 amide bonds. The van der Waals surface area contributed by atoms with E-state index in [1.54, 1.807) is 0 Å². The van der Waals surface area contributed by atoms with Gasteiger partial charge in [-0.25, -0.2) is 0 Å². The second-order valence-corrected chi connectivity index (χ2v) is 3.75. The number of anilines is 1. The Bertz CT molecular complexity index is 271. The molecule has 1 aromatic rings. The standard InChI is InChI=1S/C10H17N3O/c1-7(2)9(14)6-11-10-5-4-8(3)12-13-10/h4-5,7,9,14H,6H2,1-3H3,(H,11,13). The molecule has 0 fully saturated rings. The van der Waals surface area contributed by atoms with Crippen molar-refractivity contribution >= 4 is 5.82 Å². The number of aromatic nitrogens is 2. The molecule has 1 unspecified atom stereocenters. The number of rotatable bonds is 4. The third-order valence-corrected chi connectivity index (χ3v) is 2.06. The maximum atomic E-state index is 9.53. The Morgan fingerprint density at radius 1 is 1.36 bits per heavy atom. The van der Waals surface area contributed by atoms with Crippen molar-refractivity contribution in [1.82, 2.24) is 10.2 Å². The lowest BCUT2D eigenvalue weighted by molar-refractivity contribution is 0.138. The molecule has 0 aromatic carbocycles. The molecule has 14 heavy (non-hydrogen) atoms. The van der Waals surface area contributed by atoms with Crippen LogP contribution in [-0.4, -0.2) is 28.0 Å². The van der Waals surface area contributed by atoms with Gasteiger partial charge in [-0.2, -0.15) is 5.10 Å². The molecule has 1 heterocycles. The predicted molar refractivity (Wildman–Crippen MR) is 56.1 cm³/mol. The van der Waals surface area contributed by atoms with Crippen LogP contribution in [0.2, 0.25) is 0 Å². The zero-order valence-electron chi connectivity index (χ0n) is 8.86. The summed E-state index contributed by atoms with van der Waals surface area (Å²) < 4.78 is 0. The highest BCUT2D eigenvalue weighted by atomic mass is 16.3. The second-order valence-electron chi connectivity index (χ2n) is 3.75. The first-order chi connectivity index (χ1) is 6.59. The van der Waals surface area contributed by atoms with Crippen molar-refractivity contribution in [2.75, 3.05) is 11.9 Å². The van der Waals surface area contributed by atoms with Crippen LogP contribution >= 0.6 is 0 Å². The Kier molecular flexibility index (Phi) is 3.83. The summed E-state index contributed by atoms with van der Waals surface area (Å²) in [4.78, 5) is 0. The van der Waals surface area contributed by atoms with Crippen LogP contribution in [0.25, 0.3) is 0 Å². The molecule has 0 saturated carbocycles. The van der Waals surface area contributed by atoms with E-state index in [0.29, 0.717) is 12.4 Å². The van der Waals surface area contributed by atoms with Gasteiger partial charge in [-0.15, -0.1) is 5.10 Å². The van der Waals surface area contributed by atoms with Crippen LogP contribution in [0.5, 0.6) is 0 Å². The van der Waals surface area contributed by atoms with E-state index in [4.69, 9.17) is 0 Å². The van der Waals surface area contributed by atoms with Crippen LogP contribution in [0.3, 0.4) is 0 Å². The first-order valence-corrected chi connectivity index (χ1v) is 4.82. The Labute approximate surface area is 84.4 Å². The SMILES string of the molecule is Cc1ccc(NCC(O)C(C)C)nn1. The van der Waals surface area contributed by atoms with Gasteiger partial charge in [-0.1, -0.05) is 13.8 Å². The fraction of sp³-hybridized carbons (Fsp3) is 0.600. The van der Waals surface area contributed by atoms with Crippen molar-refractivity contribution in [3.05, 3.63) is 17.8 Å². The summed E-state index contributed by atoms with van der Waals surface area (Å²) in [6.45, 7) is 6.36. The lowest BCUT2D eigenvalue weighted by Crippen LogP contribution is -2.25. The van der Waals surface area contributed by atoms with Gasteiger partial charge >= 0.3 is 0 Å². The number of nitrogens with one attached hydrogen (secondary N) is 1. The van der Waals surface area contributed by atoms with E-state index >= 15 is 0 Å². The van der Waals surface area contributed by atoms with Gasteiger partial charge in [-0.3, -0.25) is 0 Å². The number of hydrogen-bond acceptors (Lipinski definition) is 4. The topological polar surface area (TPSA) is 58.0 Å². The zero-order valence-corrected chi connectivity index (χ0v) is 8.86. The predicted octanol–water partition coefficient (Wildman–Crippen LogP) is 1.21. The summed E-state index contributed by atoms with van der Waals surface area (Å²) in [5.41, 5.74) is 0.889. The molecule has 0 spiro atoms. The minimum absolute atomic E-state index is 0.251. The van der Waals surface area contributed by atoms with E-state index in [1.807, 2.05) is 32.9 Å². The molecule has 78 valence electrons. The maximum Gasteiger partial charge on any atom is 0.148 e. The average Bonchev–Trinajstić information content (AvgIpc) is 2.16. The molecule has 1 aromatic heterocycles. The first-order valence-electron chi connectivity index (χ1n) is 4.82. The molecule has 0 aliphatic heterocycles. The van der Waals surface area contributed by atoms with Crippen LogP contribution in [0.1, 0.15) is 19.5 Å².